The van der Waals surface area contributed by atoms with Gasteiger partial charge in [-0.3, -0.25) is 4.90 Å². The number of amidine groups is 1. The minimum Gasteiger partial charge on any atom is -0.465 e. The Morgan fingerprint density at radius 3 is 2.33 bits per heavy atom. The minimum atomic E-state index is -3.64. The van der Waals surface area contributed by atoms with Gasteiger partial charge in [0.25, 0.3) is 0 Å². The van der Waals surface area contributed by atoms with Crippen LogP contribution in [0.15, 0.2) is 29.3 Å². The lowest BCUT2D eigenvalue weighted by molar-refractivity contribution is 0.0600. The van der Waals surface area contributed by atoms with Crippen LogP contribution in [-0.4, -0.2) is 73.1 Å². The topological polar surface area (TPSA) is 108 Å². The van der Waals surface area contributed by atoms with Crippen LogP contribution in [0.25, 0.3) is 0 Å². The molecule has 2 unspecified atom stereocenters. The molecule has 0 bridgehead atoms. The number of benzene rings is 1. The summed E-state index contributed by atoms with van der Waals surface area (Å²) in [6, 6.07) is 5.59. The number of amides is 2. The summed E-state index contributed by atoms with van der Waals surface area (Å²) >= 11 is 6.96. The summed E-state index contributed by atoms with van der Waals surface area (Å²) < 4.78 is 29.2. The van der Waals surface area contributed by atoms with Crippen LogP contribution >= 0.6 is 23.4 Å². The number of nitrogens with one attached hydrogen (secondary N) is 1. The molecule has 2 amide bonds. The van der Waals surface area contributed by atoms with Gasteiger partial charge in [0.15, 0.2) is 15.3 Å². The van der Waals surface area contributed by atoms with E-state index < -0.39 is 32.1 Å². The van der Waals surface area contributed by atoms with E-state index in [1.165, 1.54) is 45.3 Å². The number of halogens is 1. The molecular weight excluding hydrogens is 416 g/mol. The molecular formula is C15H19ClN4O5S2. The third-order valence-corrected chi connectivity index (χ3v) is 8.24. The van der Waals surface area contributed by atoms with Gasteiger partial charge in [0, 0.05) is 26.8 Å². The standard InChI is InChI=1S/C15H19ClN4O5S2/c1-19(2)27(23,24)13-11(16)18-15(26-13)20(3)14(22)17-10-7-5-9(6-8-10)12(21)25-4/h5-8,11,13H,1-4H3,(H,17,22). The smallest absolute Gasteiger partial charge is 0.337 e. The number of sulfonamides is 1. The molecule has 1 aromatic carbocycles. The lowest BCUT2D eigenvalue weighted by Crippen LogP contribution is -2.36. The van der Waals surface area contributed by atoms with E-state index in [0.717, 1.165) is 16.1 Å². The number of carbonyl (C=O) groups excluding carboxylic acids is 2. The van der Waals surface area contributed by atoms with E-state index in [-0.39, 0.29) is 5.17 Å². The molecule has 0 aliphatic carbocycles. The lowest BCUT2D eigenvalue weighted by Gasteiger charge is -2.20. The van der Waals surface area contributed by atoms with E-state index in [9.17, 15) is 18.0 Å². The maximum Gasteiger partial charge on any atom is 0.337 e. The molecule has 1 heterocycles. The predicted octanol–water partition coefficient (Wildman–Crippen LogP) is 1.82. The molecule has 0 spiro atoms. The molecule has 27 heavy (non-hydrogen) atoms. The van der Waals surface area contributed by atoms with Crippen molar-refractivity contribution in [1.82, 2.24) is 9.21 Å². The van der Waals surface area contributed by atoms with Crippen molar-refractivity contribution in [3.63, 3.8) is 0 Å². The van der Waals surface area contributed by atoms with Gasteiger partial charge in [-0.1, -0.05) is 23.4 Å². The van der Waals surface area contributed by atoms with E-state index in [2.05, 4.69) is 15.0 Å². The molecule has 12 heteroatoms. The molecule has 0 saturated heterocycles. The number of hydrogen-bond donors (Lipinski definition) is 1. The molecule has 2 atom stereocenters. The first-order chi connectivity index (χ1) is 12.6. The van der Waals surface area contributed by atoms with Gasteiger partial charge in [-0.2, -0.15) is 0 Å². The number of thioether (sulfide) groups is 1. The van der Waals surface area contributed by atoms with E-state index in [0.29, 0.717) is 11.3 Å². The highest BCUT2D eigenvalue weighted by Crippen LogP contribution is 2.35. The third-order valence-electron chi connectivity index (χ3n) is 3.63. The van der Waals surface area contributed by atoms with Gasteiger partial charge in [0.1, 0.15) is 0 Å². The Morgan fingerprint density at radius 2 is 1.81 bits per heavy atom. The molecule has 0 radical (unpaired) electrons. The fraction of sp³-hybridized carbons (Fsp3) is 0.400. The zero-order valence-corrected chi connectivity index (χ0v) is 17.4. The number of carbonyl (C=O) groups is 2. The number of esters is 1. The van der Waals surface area contributed by atoms with Gasteiger partial charge >= 0.3 is 12.0 Å². The minimum absolute atomic E-state index is 0.189. The van der Waals surface area contributed by atoms with Gasteiger partial charge in [-0.05, 0) is 24.3 Å². The Balaban J connectivity index is 2.05. The first kappa shape index (κ1) is 21.5. The average Bonchev–Trinajstić information content (AvgIpc) is 3.03. The number of hydrogen-bond acceptors (Lipinski definition) is 7. The van der Waals surface area contributed by atoms with Gasteiger partial charge in [0.05, 0.1) is 12.7 Å². The van der Waals surface area contributed by atoms with Crippen LogP contribution in [0, 0.1) is 0 Å². The molecule has 1 aliphatic heterocycles. The highest BCUT2D eigenvalue weighted by atomic mass is 35.5. The second-order valence-corrected chi connectivity index (χ2v) is 9.78. The normalized spacial score (nSPS) is 19.6. The molecule has 9 nitrogen and oxygen atoms in total. The second kappa shape index (κ2) is 8.46. The number of urea groups is 1. The summed E-state index contributed by atoms with van der Waals surface area (Å²) in [6.45, 7) is 0. The number of aliphatic imine (C=N–C) groups is 1. The van der Waals surface area contributed by atoms with Crippen LogP contribution in [-0.2, 0) is 14.8 Å². The quantitative estimate of drug-likeness (QED) is 0.440. The summed E-state index contributed by atoms with van der Waals surface area (Å²) in [5.74, 6) is -0.483. The van der Waals surface area contributed by atoms with Crippen LogP contribution in [0.4, 0.5) is 10.5 Å². The van der Waals surface area contributed by atoms with Crippen molar-refractivity contribution in [2.45, 2.75) is 10.1 Å². The van der Waals surface area contributed by atoms with E-state index in [1.54, 1.807) is 12.1 Å². The summed E-state index contributed by atoms with van der Waals surface area (Å²) in [4.78, 5) is 29.1. The van der Waals surface area contributed by atoms with Crippen LogP contribution in [0.2, 0.25) is 0 Å². The number of nitrogens with zero attached hydrogens (tertiary/aromatic N) is 3. The maximum atomic E-state index is 12.4. The van der Waals surface area contributed by atoms with Crippen LogP contribution < -0.4 is 5.32 Å². The molecule has 148 valence electrons. The molecule has 2 rings (SSSR count). The largest absolute Gasteiger partial charge is 0.465 e. The zero-order valence-electron chi connectivity index (χ0n) is 15.0. The average molecular weight is 435 g/mol. The van der Waals surface area contributed by atoms with E-state index >= 15 is 0 Å². The Labute approximate surface area is 166 Å². The Kier molecular flexibility index (Phi) is 6.73. The highest BCUT2D eigenvalue weighted by molar-refractivity contribution is 8.22. The van der Waals surface area contributed by atoms with Crippen molar-refractivity contribution >= 4 is 56.2 Å². The van der Waals surface area contributed by atoms with Gasteiger partial charge in [-0.15, -0.1) is 0 Å². The number of rotatable bonds is 4. The second-order valence-electron chi connectivity index (χ2n) is 5.66. The SMILES string of the molecule is COC(=O)c1ccc(NC(=O)N(C)C2=NC(Cl)C(S(=O)(=O)N(C)C)S2)cc1. The van der Waals surface area contributed by atoms with Gasteiger partial charge in [0.2, 0.25) is 10.0 Å². The summed E-state index contributed by atoms with van der Waals surface area (Å²) in [7, 11) is 1.91. The molecule has 0 aromatic heterocycles. The molecule has 0 fully saturated rings. The van der Waals surface area contributed by atoms with Crippen LogP contribution in [0.5, 0.6) is 0 Å². The van der Waals surface area contributed by atoms with Crippen molar-refractivity contribution in [3.05, 3.63) is 29.8 Å². The third kappa shape index (κ3) is 4.72. The number of anilines is 1. The first-order valence-electron chi connectivity index (χ1n) is 7.61. The monoisotopic (exact) mass is 434 g/mol. The number of ether oxygens (including phenoxy) is 1. The summed E-state index contributed by atoms with van der Waals surface area (Å²) in [5.41, 5.74) is -0.212. The molecule has 1 N–H and O–H groups in total. The van der Waals surface area contributed by atoms with Crippen molar-refractivity contribution < 1.29 is 22.7 Å². The lowest BCUT2D eigenvalue weighted by atomic mass is 10.2. The molecule has 1 aliphatic rings. The Bertz CT molecular complexity index is 857. The van der Waals surface area contributed by atoms with Crippen LogP contribution in [0.1, 0.15) is 10.4 Å². The summed E-state index contributed by atoms with van der Waals surface area (Å²) in [6.07, 6.45) is 0. The predicted molar refractivity (Wildman–Crippen MR) is 106 cm³/mol. The number of methoxy groups -OCH3 is 1. The van der Waals surface area contributed by atoms with Gasteiger partial charge < -0.3 is 10.1 Å². The first-order valence-corrected chi connectivity index (χ1v) is 10.4. The van der Waals surface area contributed by atoms with E-state index in [4.69, 9.17) is 11.6 Å². The van der Waals surface area contributed by atoms with Crippen molar-refractivity contribution in [1.29, 1.82) is 0 Å². The zero-order chi connectivity index (χ0) is 20.4. The highest BCUT2D eigenvalue weighted by Gasteiger charge is 2.42. The number of alkyl halides is 1. The van der Waals surface area contributed by atoms with Crippen LogP contribution in [0.3, 0.4) is 0 Å². The van der Waals surface area contributed by atoms with Gasteiger partial charge in [-0.25, -0.2) is 27.3 Å². The molecule has 0 saturated carbocycles. The Morgan fingerprint density at radius 1 is 1.22 bits per heavy atom. The van der Waals surface area contributed by atoms with Crippen molar-refractivity contribution in [3.8, 4) is 0 Å². The fourth-order valence-corrected chi connectivity index (χ4v) is 5.55. The maximum absolute atomic E-state index is 12.4. The fourth-order valence-electron chi connectivity index (χ4n) is 2.03. The van der Waals surface area contributed by atoms with E-state index in [1.807, 2.05) is 0 Å². The molecule has 1 aromatic rings. The Hall–Kier alpha value is -1.82. The van der Waals surface area contributed by atoms with Crippen molar-refractivity contribution in [2.24, 2.45) is 4.99 Å². The summed E-state index contributed by atoms with van der Waals surface area (Å²) in [5, 5.41) is 2.82. The van der Waals surface area contributed by atoms with Crippen molar-refractivity contribution in [2.75, 3.05) is 33.6 Å².